The van der Waals surface area contributed by atoms with E-state index in [1.165, 1.54) is 11.3 Å². The van der Waals surface area contributed by atoms with Crippen molar-refractivity contribution in [3.63, 3.8) is 0 Å². The van der Waals surface area contributed by atoms with E-state index in [1.807, 2.05) is 24.4 Å². The van der Waals surface area contributed by atoms with E-state index in [1.54, 1.807) is 24.1 Å². The standard InChI is InChI=1S/C16H18N4O3S/c1-10-9-24-16(17-10)19-15(22)18-11-7-14(21)20(8-11)12-3-5-13(23-2)6-4-12/h3-6,9,11H,7-8H2,1-2H3,(H2,17,18,19,22). The van der Waals surface area contributed by atoms with Gasteiger partial charge in [0.15, 0.2) is 5.13 Å². The highest BCUT2D eigenvalue weighted by molar-refractivity contribution is 7.13. The summed E-state index contributed by atoms with van der Waals surface area (Å²) in [5.41, 5.74) is 1.65. The Morgan fingerprint density at radius 3 is 2.75 bits per heavy atom. The van der Waals surface area contributed by atoms with Crippen molar-refractivity contribution in [2.24, 2.45) is 0 Å². The molecule has 1 fully saturated rings. The Bertz CT molecular complexity index is 744. The van der Waals surface area contributed by atoms with Crippen LogP contribution in [0.25, 0.3) is 0 Å². The van der Waals surface area contributed by atoms with Gasteiger partial charge in [0.2, 0.25) is 5.91 Å². The van der Waals surface area contributed by atoms with Crippen LogP contribution < -0.4 is 20.3 Å². The topological polar surface area (TPSA) is 83.6 Å². The van der Waals surface area contributed by atoms with Gasteiger partial charge in [0.25, 0.3) is 0 Å². The average molecular weight is 346 g/mol. The van der Waals surface area contributed by atoms with Crippen molar-refractivity contribution >= 4 is 34.1 Å². The van der Waals surface area contributed by atoms with E-state index in [9.17, 15) is 9.59 Å². The number of rotatable bonds is 4. The van der Waals surface area contributed by atoms with Gasteiger partial charge in [-0.2, -0.15) is 0 Å². The molecule has 1 aromatic carbocycles. The van der Waals surface area contributed by atoms with Crippen LogP contribution in [0.4, 0.5) is 15.6 Å². The molecule has 0 bridgehead atoms. The Kier molecular flexibility index (Phi) is 4.66. The molecule has 1 atom stereocenters. The molecule has 126 valence electrons. The number of carbonyl (C=O) groups excluding carboxylic acids is 2. The third-order valence-electron chi connectivity index (χ3n) is 3.68. The number of aryl methyl sites for hydroxylation is 1. The van der Waals surface area contributed by atoms with E-state index < -0.39 is 0 Å². The van der Waals surface area contributed by atoms with Gasteiger partial charge >= 0.3 is 6.03 Å². The van der Waals surface area contributed by atoms with Gasteiger partial charge < -0.3 is 15.0 Å². The lowest BCUT2D eigenvalue weighted by Gasteiger charge is -2.17. The first-order valence-electron chi connectivity index (χ1n) is 7.49. The van der Waals surface area contributed by atoms with Crippen molar-refractivity contribution in [1.29, 1.82) is 0 Å². The van der Waals surface area contributed by atoms with Crippen LogP contribution in [0.3, 0.4) is 0 Å². The molecule has 0 spiro atoms. The molecule has 2 N–H and O–H groups in total. The molecule has 2 heterocycles. The molecule has 1 aliphatic heterocycles. The number of anilines is 2. The average Bonchev–Trinajstić information content (AvgIpc) is 3.13. The Labute approximate surface area is 143 Å². The van der Waals surface area contributed by atoms with Crippen LogP contribution in [0.5, 0.6) is 5.75 Å². The molecule has 24 heavy (non-hydrogen) atoms. The molecule has 1 saturated heterocycles. The lowest BCUT2D eigenvalue weighted by atomic mass is 10.2. The molecule has 7 nitrogen and oxygen atoms in total. The summed E-state index contributed by atoms with van der Waals surface area (Å²) in [4.78, 5) is 30.0. The maximum atomic E-state index is 12.2. The van der Waals surface area contributed by atoms with Crippen molar-refractivity contribution in [3.05, 3.63) is 35.3 Å². The molecule has 8 heteroatoms. The zero-order valence-electron chi connectivity index (χ0n) is 13.4. The summed E-state index contributed by atoms with van der Waals surface area (Å²) in [6.07, 6.45) is 0.274. The second-order valence-corrected chi connectivity index (χ2v) is 6.35. The van der Waals surface area contributed by atoms with Gasteiger partial charge in [-0.3, -0.25) is 10.1 Å². The van der Waals surface area contributed by atoms with E-state index in [4.69, 9.17) is 4.74 Å². The minimum atomic E-state index is -0.348. The lowest BCUT2D eigenvalue weighted by Crippen LogP contribution is -2.39. The number of amides is 3. The number of thiazole rings is 1. The molecule has 1 unspecified atom stereocenters. The highest BCUT2D eigenvalue weighted by Gasteiger charge is 2.31. The fraction of sp³-hybridized carbons (Fsp3) is 0.312. The number of hydrogen-bond acceptors (Lipinski definition) is 5. The van der Waals surface area contributed by atoms with Crippen molar-refractivity contribution in [2.75, 3.05) is 23.9 Å². The zero-order chi connectivity index (χ0) is 17.1. The van der Waals surface area contributed by atoms with E-state index in [0.717, 1.165) is 17.1 Å². The first kappa shape index (κ1) is 16.3. The van der Waals surface area contributed by atoms with Crippen molar-refractivity contribution in [2.45, 2.75) is 19.4 Å². The Balaban J connectivity index is 1.58. The summed E-state index contributed by atoms with van der Waals surface area (Å²) in [5, 5.41) is 7.91. The van der Waals surface area contributed by atoms with Crippen LogP contribution >= 0.6 is 11.3 Å². The van der Waals surface area contributed by atoms with Gasteiger partial charge in [0.05, 0.1) is 18.8 Å². The van der Waals surface area contributed by atoms with E-state index >= 15 is 0 Å². The monoisotopic (exact) mass is 346 g/mol. The van der Waals surface area contributed by atoms with Gasteiger partial charge in [0.1, 0.15) is 5.75 Å². The van der Waals surface area contributed by atoms with Crippen LogP contribution in [0.1, 0.15) is 12.1 Å². The normalized spacial score (nSPS) is 17.0. The Morgan fingerprint density at radius 2 is 2.12 bits per heavy atom. The highest BCUT2D eigenvalue weighted by atomic mass is 32.1. The van der Waals surface area contributed by atoms with Crippen molar-refractivity contribution in [3.8, 4) is 5.75 Å². The summed E-state index contributed by atoms with van der Waals surface area (Å²) < 4.78 is 5.12. The minimum absolute atomic E-state index is 0.0180. The maximum absolute atomic E-state index is 12.2. The van der Waals surface area contributed by atoms with Crippen LogP contribution in [-0.4, -0.2) is 36.6 Å². The summed E-state index contributed by atoms with van der Waals surface area (Å²) in [5.74, 6) is 0.716. The molecule has 3 amide bonds. The summed E-state index contributed by atoms with van der Waals surface area (Å²) in [6.45, 7) is 2.30. The first-order chi connectivity index (χ1) is 11.5. The number of nitrogens with one attached hydrogen (secondary N) is 2. The summed E-state index contributed by atoms with van der Waals surface area (Å²) in [6, 6.07) is 6.69. The van der Waals surface area contributed by atoms with E-state index in [-0.39, 0.29) is 24.4 Å². The number of methoxy groups -OCH3 is 1. The predicted molar refractivity (Wildman–Crippen MR) is 92.8 cm³/mol. The molecule has 0 aliphatic carbocycles. The summed E-state index contributed by atoms with van der Waals surface area (Å²) >= 11 is 1.36. The van der Waals surface area contributed by atoms with Gasteiger partial charge in [-0.15, -0.1) is 11.3 Å². The Morgan fingerprint density at radius 1 is 1.38 bits per heavy atom. The maximum Gasteiger partial charge on any atom is 0.321 e. The first-order valence-corrected chi connectivity index (χ1v) is 8.37. The second kappa shape index (κ2) is 6.88. The third kappa shape index (κ3) is 3.65. The minimum Gasteiger partial charge on any atom is -0.497 e. The second-order valence-electron chi connectivity index (χ2n) is 5.50. The van der Waals surface area contributed by atoms with Gasteiger partial charge in [-0.25, -0.2) is 9.78 Å². The fourth-order valence-corrected chi connectivity index (χ4v) is 3.23. The zero-order valence-corrected chi connectivity index (χ0v) is 14.2. The predicted octanol–water partition coefficient (Wildman–Crippen LogP) is 2.39. The number of carbonyl (C=O) groups is 2. The number of urea groups is 1. The smallest absolute Gasteiger partial charge is 0.321 e. The number of benzene rings is 1. The molecular weight excluding hydrogens is 328 g/mol. The van der Waals surface area contributed by atoms with Gasteiger partial charge in [0, 0.05) is 24.0 Å². The quantitative estimate of drug-likeness (QED) is 0.890. The molecular formula is C16H18N4O3S. The lowest BCUT2D eigenvalue weighted by molar-refractivity contribution is -0.117. The highest BCUT2D eigenvalue weighted by Crippen LogP contribution is 2.24. The Hall–Kier alpha value is -2.61. The van der Waals surface area contributed by atoms with Crippen molar-refractivity contribution < 1.29 is 14.3 Å². The van der Waals surface area contributed by atoms with Gasteiger partial charge in [-0.05, 0) is 31.2 Å². The SMILES string of the molecule is COc1ccc(N2CC(NC(=O)Nc3nc(C)cs3)CC2=O)cc1. The number of hydrogen-bond donors (Lipinski definition) is 2. The molecule has 1 aliphatic rings. The molecule has 3 rings (SSSR count). The van der Waals surface area contributed by atoms with Crippen LogP contribution in [0.15, 0.2) is 29.6 Å². The molecule has 1 aromatic heterocycles. The number of aromatic nitrogens is 1. The largest absolute Gasteiger partial charge is 0.497 e. The van der Waals surface area contributed by atoms with Gasteiger partial charge in [-0.1, -0.05) is 0 Å². The third-order valence-corrected chi connectivity index (χ3v) is 4.56. The van der Waals surface area contributed by atoms with Crippen molar-refractivity contribution in [1.82, 2.24) is 10.3 Å². The van der Waals surface area contributed by atoms with Crippen LogP contribution in [0, 0.1) is 6.92 Å². The molecule has 0 saturated carbocycles. The fourth-order valence-electron chi connectivity index (χ4n) is 2.55. The van der Waals surface area contributed by atoms with E-state index in [0.29, 0.717) is 11.7 Å². The molecule has 2 aromatic rings. The number of nitrogens with zero attached hydrogens (tertiary/aromatic N) is 2. The number of ether oxygens (including phenoxy) is 1. The summed E-state index contributed by atoms with van der Waals surface area (Å²) in [7, 11) is 1.60. The van der Waals surface area contributed by atoms with Crippen LogP contribution in [0.2, 0.25) is 0 Å². The van der Waals surface area contributed by atoms with E-state index in [2.05, 4.69) is 15.6 Å². The molecule has 0 radical (unpaired) electrons. The van der Waals surface area contributed by atoms with Crippen LogP contribution in [-0.2, 0) is 4.79 Å².